The van der Waals surface area contributed by atoms with Crippen molar-refractivity contribution < 1.29 is 27.9 Å². The molecule has 0 saturated heterocycles. The SMILES string of the molecule is O=C1c2cc(O)ccc2C(=O)c2c1nnn2-c1cc(F)c(-c2ccccc2F)c(F)c1. The number of phenolic OH excluding ortho intramolecular Hbond substituents is 1. The molecule has 6 nitrogen and oxygen atoms in total. The first-order chi connectivity index (χ1) is 14.9. The molecule has 0 radical (unpaired) electrons. The lowest BCUT2D eigenvalue weighted by Crippen LogP contribution is -2.23. The highest BCUT2D eigenvalue weighted by molar-refractivity contribution is 6.27. The van der Waals surface area contributed by atoms with Crippen LogP contribution in [0.4, 0.5) is 13.2 Å². The van der Waals surface area contributed by atoms with E-state index in [9.17, 15) is 27.9 Å². The predicted molar refractivity (Wildman–Crippen MR) is 102 cm³/mol. The molecular formula is C22H10F3N3O3. The third-order valence-electron chi connectivity index (χ3n) is 5.01. The number of benzene rings is 3. The molecule has 0 aliphatic heterocycles. The van der Waals surface area contributed by atoms with Crippen LogP contribution in [0.1, 0.15) is 32.1 Å². The predicted octanol–water partition coefficient (Wildman–Crippen LogP) is 3.83. The van der Waals surface area contributed by atoms with Crippen molar-refractivity contribution in [2.45, 2.75) is 0 Å². The van der Waals surface area contributed by atoms with Gasteiger partial charge in [0.25, 0.3) is 0 Å². The van der Waals surface area contributed by atoms with Gasteiger partial charge in [0.05, 0.1) is 11.3 Å². The van der Waals surface area contributed by atoms with Gasteiger partial charge in [0.1, 0.15) is 28.9 Å². The standard InChI is InChI=1S/C22H10F3N3O3/c23-15-4-2-1-3-13(15)18-16(24)7-10(8-17(18)25)28-20-19(26-27-28)21(30)14-9-11(29)5-6-12(14)22(20)31/h1-9,29H. The molecule has 5 rings (SSSR count). The average Bonchev–Trinajstić information content (AvgIpc) is 3.18. The molecule has 4 aromatic rings. The van der Waals surface area contributed by atoms with Gasteiger partial charge in [0.15, 0.2) is 5.69 Å². The zero-order valence-electron chi connectivity index (χ0n) is 15.4. The Morgan fingerprint density at radius 3 is 2.19 bits per heavy atom. The van der Waals surface area contributed by atoms with E-state index in [2.05, 4.69) is 10.3 Å². The molecule has 152 valence electrons. The maximum absolute atomic E-state index is 14.8. The first kappa shape index (κ1) is 18.7. The molecule has 0 unspecified atom stereocenters. The van der Waals surface area contributed by atoms with E-state index in [1.165, 1.54) is 30.3 Å². The number of rotatable bonds is 2. The minimum atomic E-state index is -1.08. The molecule has 1 aliphatic rings. The van der Waals surface area contributed by atoms with Gasteiger partial charge in [-0.05, 0) is 24.3 Å². The second kappa shape index (κ2) is 6.63. The van der Waals surface area contributed by atoms with Crippen molar-refractivity contribution in [2.24, 2.45) is 0 Å². The highest BCUT2D eigenvalue weighted by Gasteiger charge is 2.36. The highest BCUT2D eigenvalue weighted by atomic mass is 19.1. The number of nitrogens with zero attached hydrogens (tertiary/aromatic N) is 3. The molecule has 0 spiro atoms. The summed E-state index contributed by atoms with van der Waals surface area (Å²) in [6.07, 6.45) is 0. The second-order valence-electron chi connectivity index (χ2n) is 6.85. The van der Waals surface area contributed by atoms with Crippen molar-refractivity contribution in [3.8, 4) is 22.6 Å². The Hall–Kier alpha value is -4.27. The Bertz CT molecular complexity index is 1410. The van der Waals surface area contributed by atoms with Gasteiger partial charge in [-0.1, -0.05) is 23.4 Å². The van der Waals surface area contributed by atoms with E-state index in [1.807, 2.05) is 0 Å². The molecule has 3 aromatic carbocycles. The van der Waals surface area contributed by atoms with Crippen molar-refractivity contribution in [1.82, 2.24) is 15.0 Å². The zero-order chi connectivity index (χ0) is 21.9. The number of carbonyl (C=O) groups is 2. The Labute approximate surface area is 172 Å². The molecule has 0 amide bonds. The quantitative estimate of drug-likeness (QED) is 0.468. The van der Waals surface area contributed by atoms with E-state index in [0.717, 1.165) is 28.9 Å². The van der Waals surface area contributed by atoms with Crippen LogP contribution in [0.2, 0.25) is 0 Å². The van der Waals surface area contributed by atoms with E-state index >= 15 is 0 Å². The fourth-order valence-electron chi connectivity index (χ4n) is 3.60. The van der Waals surface area contributed by atoms with Gasteiger partial charge >= 0.3 is 0 Å². The number of aromatic nitrogens is 3. The lowest BCUT2D eigenvalue weighted by atomic mass is 9.89. The molecule has 9 heteroatoms. The first-order valence-electron chi connectivity index (χ1n) is 8.99. The van der Waals surface area contributed by atoms with Crippen molar-refractivity contribution >= 4 is 11.6 Å². The number of aromatic hydroxyl groups is 1. The van der Waals surface area contributed by atoms with Gasteiger partial charge in [-0.2, -0.15) is 0 Å². The van der Waals surface area contributed by atoms with Crippen molar-refractivity contribution in [2.75, 3.05) is 0 Å². The van der Waals surface area contributed by atoms with Gasteiger partial charge in [0, 0.05) is 28.8 Å². The molecular weight excluding hydrogens is 411 g/mol. The van der Waals surface area contributed by atoms with Gasteiger partial charge in [-0.15, -0.1) is 5.10 Å². The molecule has 0 fully saturated rings. The lowest BCUT2D eigenvalue weighted by molar-refractivity contribution is 0.0972. The maximum atomic E-state index is 14.8. The third kappa shape index (κ3) is 2.74. The number of ketones is 2. The summed E-state index contributed by atoms with van der Waals surface area (Å²) in [4.78, 5) is 25.6. The van der Waals surface area contributed by atoms with Crippen LogP contribution in [0.5, 0.6) is 5.75 Å². The summed E-state index contributed by atoms with van der Waals surface area (Å²) in [5.74, 6) is -4.46. The summed E-state index contributed by atoms with van der Waals surface area (Å²) in [5.41, 5.74) is -1.64. The minimum Gasteiger partial charge on any atom is -0.508 e. The second-order valence-corrected chi connectivity index (χ2v) is 6.85. The summed E-state index contributed by atoms with van der Waals surface area (Å²) in [6.45, 7) is 0. The summed E-state index contributed by atoms with van der Waals surface area (Å²) in [5, 5.41) is 17.0. The van der Waals surface area contributed by atoms with E-state index in [4.69, 9.17) is 0 Å². The molecule has 0 atom stereocenters. The normalized spacial score (nSPS) is 12.6. The molecule has 1 aromatic heterocycles. The van der Waals surface area contributed by atoms with E-state index < -0.39 is 34.6 Å². The van der Waals surface area contributed by atoms with Crippen LogP contribution in [-0.4, -0.2) is 31.7 Å². The Kier molecular flexibility index (Phi) is 4.01. The number of halogens is 3. The largest absolute Gasteiger partial charge is 0.508 e. The molecule has 31 heavy (non-hydrogen) atoms. The van der Waals surface area contributed by atoms with Crippen LogP contribution in [-0.2, 0) is 0 Å². The van der Waals surface area contributed by atoms with E-state index in [1.54, 1.807) is 0 Å². The van der Waals surface area contributed by atoms with Gasteiger partial charge in [0.2, 0.25) is 11.6 Å². The Balaban J connectivity index is 1.67. The van der Waals surface area contributed by atoms with E-state index in [-0.39, 0.29) is 39.5 Å². The number of carbonyl (C=O) groups excluding carboxylic acids is 2. The Morgan fingerprint density at radius 2 is 1.48 bits per heavy atom. The average molecular weight is 421 g/mol. The first-order valence-corrected chi connectivity index (χ1v) is 8.99. The van der Waals surface area contributed by atoms with Crippen LogP contribution in [0.15, 0.2) is 54.6 Å². The fourth-order valence-corrected chi connectivity index (χ4v) is 3.60. The van der Waals surface area contributed by atoms with Crippen LogP contribution in [0.3, 0.4) is 0 Å². The van der Waals surface area contributed by atoms with Crippen molar-refractivity contribution in [1.29, 1.82) is 0 Å². The number of hydrogen-bond acceptors (Lipinski definition) is 5. The summed E-state index contributed by atoms with van der Waals surface area (Å²) in [7, 11) is 0. The summed E-state index contributed by atoms with van der Waals surface area (Å²) in [6, 6.07) is 10.6. The van der Waals surface area contributed by atoms with Gasteiger partial charge < -0.3 is 5.11 Å². The monoisotopic (exact) mass is 421 g/mol. The van der Waals surface area contributed by atoms with Gasteiger partial charge in [-0.3, -0.25) is 9.59 Å². The maximum Gasteiger partial charge on any atom is 0.216 e. The topological polar surface area (TPSA) is 85.1 Å². The van der Waals surface area contributed by atoms with Crippen molar-refractivity contribution in [3.63, 3.8) is 0 Å². The van der Waals surface area contributed by atoms with Crippen molar-refractivity contribution in [3.05, 3.63) is 94.6 Å². The number of fused-ring (bicyclic) bond motifs is 2. The smallest absolute Gasteiger partial charge is 0.216 e. The molecule has 1 heterocycles. The lowest BCUT2D eigenvalue weighted by Gasteiger charge is -2.15. The highest BCUT2D eigenvalue weighted by Crippen LogP contribution is 2.33. The zero-order valence-corrected chi connectivity index (χ0v) is 15.4. The number of phenols is 1. The minimum absolute atomic E-state index is 0.00257. The summed E-state index contributed by atoms with van der Waals surface area (Å²) >= 11 is 0. The van der Waals surface area contributed by atoms with Crippen LogP contribution >= 0.6 is 0 Å². The van der Waals surface area contributed by atoms with Crippen LogP contribution in [0.25, 0.3) is 16.8 Å². The molecule has 0 bridgehead atoms. The van der Waals surface area contributed by atoms with Crippen LogP contribution in [0, 0.1) is 17.5 Å². The molecule has 0 saturated carbocycles. The Morgan fingerprint density at radius 1 is 0.774 bits per heavy atom. The van der Waals surface area contributed by atoms with E-state index in [0.29, 0.717) is 0 Å². The van der Waals surface area contributed by atoms with Gasteiger partial charge in [-0.25, -0.2) is 17.9 Å². The number of hydrogen-bond donors (Lipinski definition) is 1. The van der Waals surface area contributed by atoms with Crippen LogP contribution < -0.4 is 0 Å². The molecule has 1 aliphatic carbocycles. The molecule has 1 N–H and O–H groups in total. The fraction of sp³-hybridized carbons (Fsp3) is 0. The summed E-state index contributed by atoms with van der Waals surface area (Å²) < 4.78 is 44.5. The third-order valence-corrected chi connectivity index (χ3v) is 5.01.